The summed E-state index contributed by atoms with van der Waals surface area (Å²) in [5.74, 6) is -0.0440. The highest BCUT2D eigenvalue weighted by molar-refractivity contribution is 5.87. The van der Waals surface area contributed by atoms with Gasteiger partial charge in [-0.05, 0) is 51.3 Å². The van der Waals surface area contributed by atoms with E-state index in [9.17, 15) is 14.7 Å². The van der Waals surface area contributed by atoms with Crippen LogP contribution in [-0.2, 0) is 9.53 Å². The molecule has 0 spiro atoms. The normalized spacial score (nSPS) is 16.0. The molecule has 1 fully saturated rings. The number of rotatable bonds is 3. The number of benzene rings is 1. The first kappa shape index (κ1) is 17.1. The zero-order valence-electron chi connectivity index (χ0n) is 13.8. The number of hydrogen-bond donors (Lipinski definition) is 2. The fraction of sp³-hybridized carbons (Fsp3) is 0.529. The predicted octanol–water partition coefficient (Wildman–Crippen LogP) is 2.58. The number of amides is 2. The summed E-state index contributed by atoms with van der Waals surface area (Å²) in [5.41, 5.74) is -0.0224. The number of likely N-dealkylation sites (tertiary alicyclic amines) is 1. The van der Waals surface area contributed by atoms with Gasteiger partial charge in [-0.3, -0.25) is 4.79 Å². The van der Waals surface area contributed by atoms with E-state index in [1.807, 2.05) is 0 Å². The molecule has 1 atom stereocenters. The minimum atomic E-state index is -0.816. The van der Waals surface area contributed by atoms with E-state index in [-0.39, 0.29) is 11.7 Å². The molecule has 2 rings (SSSR count). The van der Waals surface area contributed by atoms with Crippen LogP contribution in [0.4, 0.5) is 4.79 Å². The fourth-order valence-electron chi connectivity index (χ4n) is 2.50. The van der Waals surface area contributed by atoms with Crippen molar-refractivity contribution >= 4 is 12.0 Å². The van der Waals surface area contributed by atoms with Crippen LogP contribution in [0.2, 0.25) is 0 Å². The Labute approximate surface area is 136 Å². The Morgan fingerprint density at radius 2 is 1.74 bits per heavy atom. The molecule has 126 valence electrons. The number of nitrogens with zero attached hydrogens (tertiary/aromatic N) is 1. The fourth-order valence-corrected chi connectivity index (χ4v) is 2.50. The number of carbonyl (C=O) groups excluding carboxylic acids is 2. The van der Waals surface area contributed by atoms with Crippen molar-refractivity contribution in [3.05, 3.63) is 29.8 Å². The minimum Gasteiger partial charge on any atom is -0.508 e. The lowest BCUT2D eigenvalue weighted by atomic mass is 10.1. The van der Waals surface area contributed by atoms with E-state index in [0.29, 0.717) is 18.7 Å². The van der Waals surface area contributed by atoms with Crippen LogP contribution < -0.4 is 5.32 Å². The lowest BCUT2D eigenvalue weighted by Crippen LogP contribution is -2.43. The third-order valence-corrected chi connectivity index (χ3v) is 3.55. The molecule has 1 aliphatic heterocycles. The number of phenols is 1. The van der Waals surface area contributed by atoms with Gasteiger partial charge in [0, 0.05) is 13.1 Å². The van der Waals surface area contributed by atoms with Crippen LogP contribution in [0, 0.1) is 0 Å². The molecule has 0 aromatic heterocycles. The molecule has 1 aliphatic rings. The predicted molar refractivity (Wildman–Crippen MR) is 86.0 cm³/mol. The number of aromatic hydroxyl groups is 1. The maximum atomic E-state index is 12.7. The van der Waals surface area contributed by atoms with Crippen LogP contribution in [-0.4, -0.2) is 40.7 Å². The smallest absolute Gasteiger partial charge is 0.408 e. The molecule has 1 unspecified atom stereocenters. The second kappa shape index (κ2) is 6.89. The number of carbonyl (C=O) groups is 2. The van der Waals surface area contributed by atoms with E-state index in [0.717, 1.165) is 12.8 Å². The van der Waals surface area contributed by atoms with Gasteiger partial charge in [0.2, 0.25) is 5.91 Å². The molecule has 1 aromatic carbocycles. The highest BCUT2D eigenvalue weighted by Crippen LogP contribution is 2.22. The third kappa shape index (κ3) is 4.87. The number of hydrogen-bond acceptors (Lipinski definition) is 4. The molecule has 6 heteroatoms. The Morgan fingerprint density at radius 3 is 2.26 bits per heavy atom. The molecule has 1 heterocycles. The van der Waals surface area contributed by atoms with Crippen molar-refractivity contribution in [1.82, 2.24) is 10.2 Å². The summed E-state index contributed by atoms with van der Waals surface area (Å²) >= 11 is 0. The Bertz CT molecular complexity index is 557. The first-order valence-corrected chi connectivity index (χ1v) is 7.83. The van der Waals surface area contributed by atoms with Crippen molar-refractivity contribution in [1.29, 1.82) is 0 Å². The van der Waals surface area contributed by atoms with Crippen molar-refractivity contribution in [2.24, 2.45) is 0 Å². The number of phenolic OH excluding ortho intramolecular Hbond substituents is 1. The van der Waals surface area contributed by atoms with Crippen molar-refractivity contribution in [3.63, 3.8) is 0 Å². The van der Waals surface area contributed by atoms with Gasteiger partial charge in [-0.1, -0.05) is 12.1 Å². The van der Waals surface area contributed by atoms with Crippen LogP contribution in [0.3, 0.4) is 0 Å². The van der Waals surface area contributed by atoms with E-state index in [4.69, 9.17) is 4.74 Å². The highest BCUT2D eigenvalue weighted by Gasteiger charge is 2.30. The van der Waals surface area contributed by atoms with Gasteiger partial charge in [-0.2, -0.15) is 0 Å². The summed E-state index contributed by atoms with van der Waals surface area (Å²) in [5, 5.41) is 12.1. The van der Waals surface area contributed by atoms with Crippen molar-refractivity contribution < 1.29 is 19.4 Å². The Kier molecular flexibility index (Phi) is 5.13. The van der Waals surface area contributed by atoms with E-state index in [2.05, 4.69) is 5.32 Å². The molecule has 0 radical (unpaired) electrons. The average molecular weight is 320 g/mol. The van der Waals surface area contributed by atoms with Gasteiger partial charge in [-0.15, -0.1) is 0 Å². The summed E-state index contributed by atoms with van der Waals surface area (Å²) < 4.78 is 5.26. The SMILES string of the molecule is CC(C)(C)OC(=O)NC(C(=O)N1CCCC1)c1ccc(O)cc1. The molecule has 6 nitrogen and oxygen atoms in total. The molecule has 2 N–H and O–H groups in total. The molecule has 1 aromatic rings. The summed E-state index contributed by atoms with van der Waals surface area (Å²) in [6, 6.07) is 5.44. The zero-order chi connectivity index (χ0) is 17.0. The topological polar surface area (TPSA) is 78.9 Å². The monoisotopic (exact) mass is 320 g/mol. The maximum Gasteiger partial charge on any atom is 0.408 e. The van der Waals surface area contributed by atoms with Crippen LogP contribution in [0.25, 0.3) is 0 Å². The second-order valence-corrected chi connectivity index (χ2v) is 6.70. The summed E-state index contributed by atoms with van der Waals surface area (Å²) in [6.45, 7) is 6.70. The van der Waals surface area contributed by atoms with E-state index in [1.165, 1.54) is 12.1 Å². The van der Waals surface area contributed by atoms with Crippen molar-refractivity contribution in [3.8, 4) is 5.75 Å². The number of ether oxygens (including phenoxy) is 1. The second-order valence-electron chi connectivity index (χ2n) is 6.70. The van der Waals surface area contributed by atoms with Gasteiger partial charge in [0.1, 0.15) is 17.4 Å². The number of nitrogens with one attached hydrogen (secondary N) is 1. The maximum absolute atomic E-state index is 12.7. The Balaban J connectivity index is 2.18. The van der Waals surface area contributed by atoms with Gasteiger partial charge in [0.15, 0.2) is 0 Å². The Hall–Kier alpha value is -2.24. The van der Waals surface area contributed by atoms with Gasteiger partial charge in [-0.25, -0.2) is 4.79 Å². The summed E-state index contributed by atoms with van der Waals surface area (Å²) in [6.07, 6.45) is 1.31. The zero-order valence-corrected chi connectivity index (χ0v) is 13.8. The molecule has 0 saturated carbocycles. The lowest BCUT2D eigenvalue weighted by molar-refractivity contribution is -0.132. The van der Waals surface area contributed by atoms with Crippen LogP contribution in [0.1, 0.15) is 45.2 Å². The Morgan fingerprint density at radius 1 is 1.17 bits per heavy atom. The summed E-state index contributed by atoms with van der Waals surface area (Å²) in [4.78, 5) is 26.5. The van der Waals surface area contributed by atoms with Crippen molar-refractivity contribution in [2.45, 2.75) is 45.3 Å². The molecule has 0 aliphatic carbocycles. The van der Waals surface area contributed by atoms with E-state index >= 15 is 0 Å². The standard InChI is InChI=1S/C17H24N2O4/c1-17(2,3)23-16(22)18-14(12-6-8-13(20)9-7-12)15(21)19-10-4-5-11-19/h6-9,14,20H,4-5,10-11H2,1-3H3,(H,18,22). The minimum absolute atomic E-state index is 0.110. The molecular weight excluding hydrogens is 296 g/mol. The largest absolute Gasteiger partial charge is 0.508 e. The van der Waals surface area contributed by atoms with Crippen LogP contribution in [0.15, 0.2) is 24.3 Å². The van der Waals surface area contributed by atoms with Crippen LogP contribution >= 0.6 is 0 Å². The van der Waals surface area contributed by atoms with Gasteiger partial charge in [0.05, 0.1) is 0 Å². The molecule has 23 heavy (non-hydrogen) atoms. The average Bonchev–Trinajstić information content (AvgIpc) is 2.97. The van der Waals surface area contributed by atoms with Crippen LogP contribution in [0.5, 0.6) is 5.75 Å². The number of alkyl carbamates (subject to hydrolysis) is 1. The molecular formula is C17H24N2O4. The van der Waals surface area contributed by atoms with Gasteiger partial charge in [0.25, 0.3) is 0 Å². The molecule has 0 bridgehead atoms. The first-order valence-electron chi connectivity index (χ1n) is 7.83. The molecule has 2 amide bonds. The quantitative estimate of drug-likeness (QED) is 0.897. The summed E-state index contributed by atoms with van der Waals surface area (Å²) in [7, 11) is 0. The van der Waals surface area contributed by atoms with Gasteiger partial charge >= 0.3 is 6.09 Å². The van der Waals surface area contributed by atoms with Crippen molar-refractivity contribution in [2.75, 3.05) is 13.1 Å². The highest BCUT2D eigenvalue weighted by atomic mass is 16.6. The van der Waals surface area contributed by atoms with E-state index < -0.39 is 17.7 Å². The van der Waals surface area contributed by atoms with E-state index in [1.54, 1.807) is 37.8 Å². The third-order valence-electron chi connectivity index (χ3n) is 3.55. The molecule has 1 saturated heterocycles. The van der Waals surface area contributed by atoms with Gasteiger partial charge < -0.3 is 20.1 Å². The first-order chi connectivity index (χ1) is 10.8. The lowest BCUT2D eigenvalue weighted by Gasteiger charge is -2.26.